The molecule has 0 unspecified atom stereocenters. The summed E-state index contributed by atoms with van der Waals surface area (Å²) in [6, 6.07) is 8.30. The molecule has 1 heterocycles. The Kier molecular flexibility index (Phi) is 5.49. The molecule has 1 aromatic carbocycles. The number of benzene rings is 1. The Morgan fingerprint density at radius 3 is 2.85 bits per heavy atom. The van der Waals surface area contributed by atoms with E-state index in [0.717, 1.165) is 18.0 Å². The molecule has 0 amide bonds. The molecule has 3 N–H and O–H groups in total. The minimum Gasteiger partial charge on any atom is -0.375 e. The van der Waals surface area contributed by atoms with Crippen molar-refractivity contribution in [2.75, 3.05) is 13.1 Å². The summed E-state index contributed by atoms with van der Waals surface area (Å²) in [7, 11) is 0. The van der Waals surface area contributed by atoms with Crippen molar-refractivity contribution in [3.8, 4) is 0 Å². The van der Waals surface area contributed by atoms with Crippen molar-refractivity contribution in [2.45, 2.75) is 26.3 Å². The molecule has 1 fully saturated rings. The highest BCUT2D eigenvalue weighted by Crippen LogP contribution is 2.19. The molecule has 20 heavy (non-hydrogen) atoms. The van der Waals surface area contributed by atoms with Crippen LogP contribution in [0.2, 0.25) is 0 Å². The molecule has 1 saturated heterocycles. The van der Waals surface area contributed by atoms with Gasteiger partial charge in [-0.25, -0.2) is 0 Å². The predicted molar refractivity (Wildman–Crippen MR) is 87.6 cm³/mol. The summed E-state index contributed by atoms with van der Waals surface area (Å²) >= 11 is 4.73. The quantitative estimate of drug-likeness (QED) is 0.506. The second-order valence-corrected chi connectivity index (χ2v) is 5.83. The normalized spacial score (nSPS) is 17.4. The van der Waals surface area contributed by atoms with Crippen LogP contribution in [0.3, 0.4) is 0 Å². The zero-order valence-corrected chi connectivity index (χ0v) is 12.7. The molecule has 0 atom stereocenters. The predicted octanol–water partition coefficient (Wildman–Crippen LogP) is 2.09. The van der Waals surface area contributed by atoms with Gasteiger partial charge in [-0.2, -0.15) is 5.10 Å². The molecule has 5 heteroatoms. The number of nitrogens with two attached hydrogens (primary N) is 1. The lowest BCUT2D eigenvalue weighted by atomic mass is 9.98. The Morgan fingerprint density at radius 1 is 1.45 bits per heavy atom. The smallest absolute Gasteiger partial charge is 0.184 e. The fourth-order valence-corrected chi connectivity index (χ4v) is 2.48. The highest BCUT2D eigenvalue weighted by atomic mass is 32.1. The topological polar surface area (TPSA) is 53.6 Å². The van der Waals surface area contributed by atoms with Gasteiger partial charge >= 0.3 is 0 Å². The lowest BCUT2D eigenvalue weighted by molar-refractivity contribution is 0.185. The lowest BCUT2D eigenvalue weighted by Gasteiger charge is -2.30. The Morgan fingerprint density at radius 2 is 2.15 bits per heavy atom. The zero-order valence-electron chi connectivity index (χ0n) is 11.9. The highest BCUT2D eigenvalue weighted by Gasteiger charge is 2.16. The Bertz CT molecular complexity index is 479. The van der Waals surface area contributed by atoms with Crippen molar-refractivity contribution in [2.24, 2.45) is 16.8 Å². The number of nitrogens with zero attached hydrogens (tertiary/aromatic N) is 2. The summed E-state index contributed by atoms with van der Waals surface area (Å²) in [5.74, 6) is 0.859. The maximum absolute atomic E-state index is 5.36. The number of thiocarbonyl (C=S) groups is 1. The number of hydrogen-bond donors (Lipinski definition) is 2. The summed E-state index contributed by atoms with van der Waals surface area (Å²) in [4.78, 5) is 2.51. The molecule has 0 aliphatic carbocycles. The van der Waals surface area contributed by atoms with Crippen LogP contribution < -0.4 is 11.2 Å². The van der Waals surface area contributed by atoms with Gasteiger partial charge in [-0.15, -0.1) is 0 Å². The number of piperidine rings is 1. The van der Waals surface area contributed by atoms with Crippen LogP contribution in [-0.4, -0.2) is 29.3 Å². The average molecular weight is 290 g/mol. The summed E-state index contributed by atoms with van der Waals surface area (Å²) in [5.41, 5.74) is 10.3. The minimum atomic E-state index is 0.184. The van der Waals surface area contributed by atoms with Crippen LogP contribution >= 0.6 is 12.2 Å². The molecule has 4 nitrogen and oxygen atoms in total. The fraction of sp³-hybridized carbons (Fsp3) is 0.467. The third-order valence-corrected chi connectivity index (χ3v) is 3.79. The second kappa shape index (κ2) is 7.36. The van der Waals surface area contributed by atoms with E-state index in [1.807, 2.05) is 6.07 Å². The molecule has 2 rings (SSSR count). The van der Waals surface area contributed by atoms with Crippen LogP contribution in [0.15, 0.2) is 29.4 Å². The van der Waals surface area contributed by atoms with E-state index in [0.29, 0.717) is 0 Å². The summed E-state index contributed by atoms with van der Waals surface area (Å²) < 4.78 is 0. The van der Waals surface area contributed by atoms with Gasteiger partial charge in [-0.3, -0.25) is 10.3 Å². The second-order valence-electron chi connectivity index (χ2n) is 5.39. The van der Waals surface area contributed by atoms with Crippen LogP contribution in [-0.2, 0) is 6.54 Å². The van der Waals surface area contributed by atoms with Gasteiger partial charge in [0.1, 0.15) is 0 Å². The van der Waals surface area contributed by atoms with Crippen molar-refractivity contribution in [1.29, 1.82) is 0 Å². The maximum Gasteiger partial charge on any atom is 0.184 e. The van der Waals surface area contributed by atoms with Gasteiger partial charge in [0.05, 0.1) is 6.21 Å². The first kappa shape index (κ1) is 14.9. The van der Waals surface area contributed by atoms with Crippen molar-refractivity contribution in [3.63, 3.8) is 0 Å². The first-order valence-electron chi connectivity index (χ1n) is 7.04. The van der Waals surface area contributed by atoms with Gasteiger partial charge in [0, 0.05) is 6.54 Å². The van der Waals surface area contributed by atoms with Gasteiger partial charge in [0.2, 0.25) is 0 Å². The Hall–Kier alpha value is -1.46. The number of likely N-dealkylation sites (tertiary alicyclic amines) is 1. The van der Waals surface area contributed by atoms with Crippen LogP contribution in [0.1, 0.15) is 30.9 Å². The molecular formula is C15H22N4S. The molecular weight excluding hydrogens is 268 g/mol. The Labute approximate surface area is 126 Å². The summed E-state index contributed by atoms with van der Waals surface area (Å²) in [6.07, 6.45) is 4.36. The standard InChI is InChI=1S/C15H22N4S/c1-12-6-8-19(9-7-12)11-14-5-3-2-4-13(14)10-17-18-15(16)20/h2-5,10,12H,6-9,11H2,1H3,(H3,16,18,20). The molecule has 0 saturated carbocycles. The van der Waals surface area contributed by atoms with E-state index in [9.17, 15) is 0 Å². The average Bonchev–Trinajstić information content (AvgIpc) is 2.43. The van der Waals surface area contributed by atoms with E-state index >= 15 is 0 Å². The van der Waals surface area contributed by atoms with Gasteiger partial charge < -0.3 is 5.73 Å². The SMILES string of the molecule is CC1CCN(Cc2ccccc2C=NNC(N)=S)CC1. The number of nitrogens with one attached hydrogen (secondary N) is 1. The van der Waals surface area contributed by atoms with E-state index in [4.69, 9.17) is 18.0 Å². The summed E-state index contributed by atoms with van der Waals surface area (Å²) in [6.45, 7) is 5.66. The Balaban J connectivity index is 2.00. The summed E-state index contributed by atoms with van der Waals surface area (Å²) in [5, 5.41) is 4.23. The number of rotatable bonds is 4. The molecule has 0 spiro atoms. The number of hydrogen-bond acceptors (Lipinski definition) is 3. The largest absolute Gasteiger partial charge is 0.375 e. The molecule has 1 aliphatic rings. The van der Waals surface area contributed by atoms with Crippen LogP contribution in [0.25, 0.3) is 0 Å². The molecule has 0 aromatic heterocycles. The monoisotopic (exact) mass is 290 g/mol. The zero-order chi connectivity index (χ0) is 14.4. The first-order chi connectivity index (χ1) is 9.65. The van der Waals surface area contributed by atoms with Crippen molar-refractivity contribution < 1.29 is 0 Å². The van der Waals surface area contributed by atoms with Crippen LogP contribution in [0, 0.1) is 5.92 Å². The fourth-order valence-electron chi connectivity index (χ4n) is 2.43. The van der Waals surface area contributed by atoms with Gasteiger partial charge in [-0.1, -0.05) is 31.2 Å². The van der Waals surface area contributed by atoms with E-state index < -0.39 is 0 Å². The molecule has 0 radical (unpaired) electrons. The third-order valence-electron chi connectivity index (χ3n) is 3.70. The van der Waals surface area contributed by atoms with Crippen molar-refractivity contribution in [3.05, 3.63) is 35.4 Å². The minimum absolute atomic E-state index is 0.184. The molecule has 1 aromatic rings. The van der Waals surface area contributed by atoms with E-state index in [1.165, 1.54) is 31.5 Å². The van der Waals surface area contributed by atoms with E-state index in [2.05, 4.69) is 40.5 Å². The van der Waals surface area contributed by atoms with Crippen molar-refractivity contribution in [1.82, 2.24) is 10.3 Å². The van der Waals surface area contributed by atoms with Gasteiger partial charge in [0.15, 0.2) is 5.11 Å². The molecule has 108 valence electrons. The highest BCUT2D eigenvalue weighted by molar-refractivity contribution is 7.80. The van der Waals surface area contributed by atoms with E-state index in [1.54, 1.807) is 6.21 Å². The number of hydrazone groups is 1. The van der Waals surface area contributed by atoms with E-state index in [-0.39, 0.29) is 5.11 Å². The third kappa shape index (κ3) is 4.58. The maximum atomic E-state index is 5.36. The van der Waals surface area contributed by atoms with Crippen LogP contribution in [0.5, 0.6) is 0 Å². The first-order valence-corrected chi connectivity index (χ1v) is 7.44. The molecule has 0 bridgehead atoms. The van der Waals surface area contributed by atoms with Crippen molar-refractivity contribution >= 4 is 23.5 Å². The lowest BCUT2D eigenvalue weighted by Crippen LogP contribution is -2.32. The van der Waals surface area contributed by atoms with Gasteiger partial charge in [-0.05, 0) is 55.2 Å². The molecule has 1 aliphatic heterocycles. The van der Waals surface area contributed by atoms with Crippen LogP contribution in [0.4, 0.5) is 0 Å². The van der Waals surface area contributed by atoms with Gasteiger partial charge in [0.25, 0.3) is 0 Å².